The maximum atomic E-state index is 14.4. The van der Waals surface area contributed by atoms with Crippen LogP contribution >= 0.6 is 22.6 Å². The van der Waals surface area contributed by atoms with Crippen molar-refractivity contribution >= 4 is 49.8 Å². The number of hydrogen-bond acceptors (Lipinski definition) is 5. The summed E-state index contributed by atoms with van der Waals surface area (Å²) in [6.45, 7) is 1.59. The summed E-state index contributed by atoms with van der Waals surface area (Å²) in [7, 11) is -2.32. The third-order valence-corrected chi connectivity index (χ3v) is 7.95. The van der Waals surface area contributed by atoms with Crippen LogP contribution in [-0.4, -0.2) is 23.3 Å². The Labute approximate surface area is 198 Å². The van der Waals surface area contributed by atoms with Crippen LogP contribution in [0, 0.1) is 16.3 Å². The zero-order valence-electron chi connectivity index (χ0n) is 17.3. The van der Waals surface area contributed by atoms with E-state index in [9.17, 15) is 22.7 Å². The predicted molar refractivity (Wildman–Crippen MR) is 131 cm³/mol. The molecule has 0 radical (unpaired) electrons. The van der Waals surface area contributed by atoms with Gasteiger partial charge in [0.05, 0.1) is 16.6 Å². The summed E-state index contributed by atoms with van der Waals surface area (Å²) in [6, 6.07) is 12.6. The summed E-state index contributed by atoms with van der Waals surface area (Å²) < 4.78 is 45.1. The maximum Gasteiger partial charge on any atom is 0.254 e. The molecular formula is C22H21FIN3O4S. The van der Waals surface area contributed by atoms with E-state index in [4.69, 9.17) is 0 Å². The van der Waals surface area contributed by atoms with E-state index >= 15 is 0 Å². The minimum atomic E-state index is -3.81. The molecule has 4 rings (SSSR count). The van der Waals surface area contributed by atoms with Crippen molar-refractivity contribution in [3.8, 4) is 5.75 Å². The molecule has 1 aromatic heterocycles. The lowest BCUT2D eigenvalue weighted by Gasteiger charge is -2.19. The second kappa shape index (κ2) is 8.39. The zero-order valence-corrected chi connectivity index (χ0v) is 20.2. The topological polar surface area (TPSA) is 100 Å². The van der Waals surface area contributed by atoms with Gasteiger partial charge in [-0.15, -0.1) is 0 Å². The number of rotatable bonds is 6. The Morgan fingerprint density at radius 1 is 1.16 bits per heavy atom. The molecule has 3 N–H and O–H groups in total. The molecule has 1 fully saturated rings. The molecule has 2 unspecified atom stereocenters. The number of hydrogen-bond donors (Lipinski definition) is 3. The lowest BCUT2D eigenvalue weighted by molar-refractivity contribution is 0.474. The van der Waals surface area contributed by atoms with Gasteiger partial charge in [-0.3, -0.25) is 14.1 Å². The number of pyridine rings is 1. The molecule has 2 aromatic carbocycles. The molecule has 3 aromatic rings. The highest BCUT2D eigenvalue weighted by Crippen LogP contribution is 2.47. The summed E-state index contributed by atoms with van der Waals surface area (Å²) in [5.41, 5.74) is 1.04. The first-order chi connectivity index (χ1) is 15.1. The molecule has 32 heavy (non-hydrogen) atoms. The standard InChI is InChI=1S/C22H21FIN3O4S/c1-12-8-19(21(27(2)22(12)29)25-18-7-6-14(24)10-17(18)23)26-32(30,31)20-11-16(20)13-4-3-5-15(28)9-13/h3-10,16,20,25-26,28H,11H2,1-2H3. The average molecular weight is 569 g/mol. The molecule has 0 aliphatic heterocycles. The van der Waals surface area contributed by atoms with Crippen molar-refractivity contribution in [2.75, 3.05) is 10.0 Å². The summed E-state index contributed by atoms with van der Waals surface area (Å²) in [5, 5.41) is 11.9. The van der Waals surface area contributed by atoms with Crippen LogP contribution in [0.2, 0.25) is 0 Å². The van der Waals surface area contributed by atoms with Crippen LogP contribution in [0.15, 0.2) is 53.3 Å². The van der Waals surface area contributed by atoms with E-state index in [1.165, 1.54) is 35.9 Å². The van der Waals surface area contributed by atoms with Crippen molar-refractivity contribution in [1.29, 1.82) is 0 Å². The Balaban J connectivity index is 1.67. The number of phenols is 1. The van der Waals surface area contributed by atoms with Gasteiger partial charge < -0.3 is 10.4 Å². The monoisotopic (exact) mass is 569 g/mol. The number of halogens is 2. The Morgan fingerprint density at radius 2 is 1.91 bits per heavy atom. The molecular weight excluding hydrogens is 548 g/mol. The second-order valence-electron chi connectivity index (χ2n) is 7.83. The highest BCUT2D eigenvalue weighted by atomic mass is 127. The highest BCUT2D eigenvalue weighted by molar-refractivity contribution is 14.1. The number of aromatic nitrogens is 1. The van der Waals surface area contributed by atoms with Crippen molar-refractivity contribution in [3.63, 3.8) is 0 Å². The Kier molecular flexibility index (Phi) is 5.93. The first kappa shape index (κ1) is 22.6. The summed E-state index contributed by atoms with van der Waals surface area (Å²) in [4.78, 5) is 12.5. The molecule has 0 spiro atoms. The molecule has 1 heterocycles. The largest absolute Gasteiger partial charge is 0.508 e. The number of phenolic OH excluding ortho intramolecular Hbond substituents is 1. The number of sulfonamides is 1. The van der Waals surface area contributed by atoms with Gasteiger partial charge in [0.2, 0.25) is 10.0 Å². The van der Waals surface area contributed by atoms with E-state index in [1.807, 2.05) is 22.6 Å². The van der Waals surface area contributed by atoms with Crippen molar-refractivity contribution in [1.82, 2.24) is 4.57 Å². The zero-order chi connectivity index (χ0) is 23.2. The molecule has 1 aliphatic rings. The van der Waals surface area contributed by atoms with Crippen LogP contribution in [-0.2, 0) is 17.1 Å². The maximum absolute atomic E-state index is 14.4. The van der Waals surface area contributed by atoms with Crippen LogP contribution in [0.25, 0.3) is 0 Å². The molecule has 0 saturated heterocycles. The third-order valence-electron chi connectivity index (χ3n) is 5.46. The normalized spacial score (nSPS) is 17.8. The van der Waals surface area contributed by atoms with E-state index < -0.39 is 21.1 Å². The van der Waals surface area contributed by atoms with E-state index in [0.29, 0.717) is 15.6 Å². The van der Waals surface area contributed by atoms with Gasteiger partial charge in [0.15, 0.2) is 0 Å². The third kappa shape index (κ3) is 4.46. The first-order valence-corrected chi connectivity index (χ1v) is 12.4. The quantitative estimate of drug-likeness (QED) is 0.387. The first-order valence-electron chi connectivity index (χ1n) is 9.80. The number of anilines is 3. The van der Waals surface area contributed by atoms with Crippen molar-refractivity contribution in [2.45, 2.75) is 24.5 Å². The number of benzene rings is 2. The van der Waals surface area contributed by atoms with Crippen molar-refractivity contribution < 1.29 is 17.9 Å². The fourth-order valence-corrected chi connectivity index (χ4v) is 5.81. The Morgan fingerprint density at radius 3 is 2.59 bits per heavy atom. The van der Waals surface area contributed by atoms with Crippen LogP contribution < -0.4 is 15.6 Å². The Hall–Kier alpha value is -2.60. The number of aryl methyl sites for hydroxylation is 1. The second-order valence-corrected chi connectivity index (χ2v) is 11.0. The van der Waals surface area contributed by atoms with Crippen LogP contribution in [0.5, 0.6) is 5.75 Å². The minimum Gasteiger partial charge on any atom is -0.508 e. The molecule has 2 atom stereocenters. The van der Waals surface area contributed by atoms with Gasteiger partial charge in [0.25, 0.3) is 5.56 Å². The lowest BCUT2D eigenvalue weighted by atomic mass is 10.1. The summed E-state index contributed by atoms with van der Waals surface area (Å²) >= 11 is 1.99. The number of nitrogens with zero attached hydrogens (tertiary/aromatic N) is 1. The molecule has 1 aliphatic carbocycles. The van der Waals surface area contributed by atoms with E-state index in [0.717, 1.165) is 5.56 Å². The van der Waals surface area contributed by atoms with E-state index in [1.54, 1.807) is 31.2 Å². The van der Waals surface area contributed by atoms with Gasteiger partial charge in [-0.05, 0) is 77.9 Å². The van der Waals surface area contributed by atoms with Crippen LogP contribution in [0.1, 0.15) is 23.5 Å². The molecule has 0 amide bonds. The van der Waals surface area contributed by atoms with Crippen molar-refractivity contribution in [3.05, 3.63) is 79.4 Å². The highest BCUT2D eigenvalue weighted by Gasteiger charge is 2.48. The minimum absolute atomic E-state index is 0.0817. The van der Waals surface area contributed by atoms with Gasteiger partial charge in [-0.1, -0.05) is 12.1 Å². The summed E-state index contributed by atoms with van der Waals surface area (Å²) in [5.74, 6) is -0.541. The van der Waals surface area contributed by atoms with Gasteiger partial charge in [0.1, 0.15) is 17.4 Å². The fourth-order valence-electron chi connectivity index (χ4n) is 3.69. The SMILES string of the molecule is Cc1cc(NS(=O)(=O)C2CC2c2cccc(O)c2)c(Nc2ccc(I)cc2F)n(C)c1=O. The lowest BCUT2D eigenvalue weighted by Crippen LogP contribution is -2.26. The smallest absolute Gasteiger partial charge is 0.254 e. The average Bonchev–Trinajstić information content (AvgIpc) is 3.52. The Bertz CT molecular complexity index is 1370. The van der Waals surface area contributed by atoms with E-state index in [-0.39, 0.29) is 34.4 Å². The molecule has 0 bridgehead atoms. The van der Waals surface area contributed by atoms with E-state index in [2.05, 4.69) is 10.0 Å². The van der Waals surface area contributed by atoms with Gasteiger partial charge >= 0.3 is 0 Å². The van der Waals surface area contributed by atoms with Gasteiger partial charge in [-0.2, -0.15) is 0 Å². The predicted octanol–water partition coefficient (Wildman–Crippen LogP) is 4.18. The summed E-state index contributed by atoms with van der Waals surface area (Å²) in [6.07, 6.45) is 0.415. The molecule has 7 nitrogen and oxygen atoms in total. The van der Waals surface area contributed by atoms with Crippen LogP contribution in [0.3, 0.4) is 0 Å². The fraction of sp³-hybridized carbons (Fsp3) is 0.227. The molecule has 1 saturated carbocycles. The van der Waals surface area contributed by atoms with Crippen LogP contribution in [0.4, 0.5) is 21.6 Å². The van der Waals surface area contributed by atoms with Gasteiger partial charge in [0, 0.05) is 22.1 Å². The number of nitrogens with one attached hydrogen (secondary N) is 2. The van der Waals surface area contributed by atoms with Crippen molar-refractivity contribution in [2.24, 2.45) is 7.05 Å². The molecule has 168 valence electrons. The number of aromatic hydroxyl groups is 1. The molecule has 10 heteroatoms. The van der Waals surface area contributed by atoms with Gasteiger partial charge in [-0.25, -0.2) is 12.8 Å².